The van der Waals surface area contributed by atoms with E-state index in [0.717, 1.165) is 54.9 Å². The van der Waals surface area contributed by atoms with Crippen LogP contribution in [0.4, 0.5) is 0 Å². The van der Waals surface area contributed by atoms with Gasteiger partial charge < -0.3 is 19.5 Å². The van der Waals surface area contributed by atoms with Crippen LogP contribution in [0.1, 0.15) is 39.2 Å². The minimum Gasteiger partial charge on any atom is -0.490 e. The van der Waals surface area contributed by atoms with E-state index in [-0.39, 0.29) is 12.0 Å². The Balaban J connectivity index is 2.15. The number of piperidine rings is 1. The molecule has 1 aromatic rings. The quantitative estimate of drug-likeness (QED) is 0.719. The highest BCUT2D eigenvalue weighted by molar-refractivity contribution is 9.10. The van der Waals surface area contributed by atoms with Gasteiger partial charge in [0.1, 0.15) is 0 Å². The van der Waals surface area contributed by atoms with Crippen LogP contribution in [0.5, 0.6) is 11.5 Å². The van der Waals surface area contributed by atoms with Crippen molar-refractivity contribution in [2.45, 2.75) is 46.1 Å². The Morgan fingerprint density at radius 1 is 1.21 bits per heavy atom. The van der Waals surface area contributed by atoms with Gasteiger partial charge in [0, 0.05) is 19.0 Å². The molecule has 4 nitrogen and oxygen atoms in total. The number of rotatable bonds is 8. The van der Waals surface area contributed by atoms with Gasteiger partial charge >= 0.3 is 0 Å². The summed E-state index contributed by atoms with van der Waals surface area (Å²) in [6, 6.07) is 4.16. The first-order valence-electron chi connectivity index (χ1n) is 9.07. The summed E-state index contributed by atoms with van der Waals surface area (Å²) in [7, 11) is 0. The van der Waals surface area contributed by atoms with Crippen molar-refractivity contribution in [3.63, 3.8) is 0 Å². The zero-order valence-corrected chi connectivity index (χ0v) is 16.6. The van der Waals surface area contributed by atoms with Crippen molar-refractivity contribution in [1.82, 2.24) is 4.90 Å². The molecule has 136 valence electrons. The highest BCUT2D eigenvalue weighted by Gasteiger charge is 2.28. The molecule has 1 heterocycles. The van der Waals surface area contributed by atoms with Crippen LogP contribution in [0.25, 0.3) is 0 Å². The Morgan fingerprint density at radius 3 is 2.62 bits per heavy atom. The molecule has 1 aliphatic rings. The van der Waals surface area contributed by atoms with Crippen molar-refractivity contribution >= 4 is 15.9 Å². The number of nitrogens with zero attached hydrogens (tertiary/aromatic N) is 1. The van der Waals surface area contributed by atoms with Crippen LogP contribution in [-0.2, 0) is 6.42 Å². The summed E-state index contributed by atoms with van der Waals surface area (Å²) in [6.07, 6.45) is 2.65. The molecule has 1 fully saturated rings. The van der Waals surface area contributed by atoms with Crippen LogP contribution in [0.2, 0.25) is 0 Å². The fraction of sp³-hybridized carbons (Fsp3) is 0.684. The number of halogens is 1. The lowest BCUT2D eigenvalue weighted by Crippen LogP contribution is -2.44. The summed E-state index contributed by atoms with van der Waals surface area (Å²) in [6.45, 7) is 10.4. The molecule has 0 bridgehead atoms. The largest absolute Gasteiger partial charge is 0.490 e. The van der Waals surface area contributed by atoms with Crippen molar-refractivity contribution in [1.29, 1.82) is 0 Å². The van der Waals surface area contributed by atoms with Gasteiger partial charge in [-0.25, -0.2) is 0 Å². The van der Waals surface area contributed by atoms with Gasteiger partial charge in [-0.05, 0) is 73.3 Å². The molecule has 24 heavy (non-hydrogen) atoms. The van der Waals surface area contributed by atoms with Crippen molar-refractivity contribution in [2.75, 3.05) is 32.8 Å². The highest BCUT2D eigenvalue weighted by atomic mass is 79.9. The molecule has 1 aliphatic heterocycles. The average Bonchev–Trinajstić information content (AvgIpc) is 2.54. The summed E-state index contributed by atoms with van der Waals surface area (Å²) >= 11 is 3.61. The molecule has 2 rings (SSSR count). The smallest absolute Gasteiger partial charge is 0.175 e. The van der Waals surface area contributed by atoms with Gasteiger partial charge in [-0.3, -0.25) is 0 Å². The van der Waals surface area contributed by atoms with E-state index in [1.54, 1.807) is 0 Å². The lowest BCUT2D eigenvalue weighted by atomic mass is 9.88. The number of aliphatic hydroxyl groups excluding tert-OH is 1. The maximum Gasteiger partial charge on any atom is 0.175 e. The van der Waals surface area contributed by atoms with E-state index in [1.807, 2.05) is 13.8 Å². The van der Waals surface area contributed by atoms with Crippen LogP contribution in [0.15, 0.2) is 16.6 Å². The molecule has 0 aliphatic carbocycles. The number of aliphatic hydroxyl groups is 1. The third-order valence-electron chi connectivity index (χ3n) is 4.47. The lowest BCUT2D eigenvalue weighted by Gasteiger charge is -2.36. The number of benzene rings is 1. The number of ether oxygens (including phenoxy) is 2. The second-order valence-electron chi connectivity index (χ2n) is 6.39. The van der Waals surface area contributed by atoms with E-state index in [1.165, 1.54) is 5.56 Å². The first-order chi connectivity index (χ1) is 11.6. The van der Waals surface area contributed by atoms with E-state index in [0.29, 0.717) is 13.2 Å². The van der Waals surface area contributed by atoms with Gasteiger partial charge in [0.15, 0.2) is 11.5 Å². The van der Waals surface area contributed by atoms with Gasteiger partial charge in [0.2, 0.25) is 0 Å². The molecule has 0 spiro atoms. The van der Waals surface area contributed by atoms with Crippen LogP contribution in [-0.4, -0.2) is 49.0 Å². The van der Waals surface area contributed by atoms with E-state index in [2.05, 4.69) is 39.9 Å². The molecule has 5 heteroatoms. The summed E-state index contributed by atoms with van der Waals surface area (Å²) < 4.78 is 12.4. The molecule has 0 saturated carbocycles. The predicted octanol–water partition coefficient (Wildman–Crippen LogP) is 3.88. The standard InChI is InChI=1S/C19H30BrNO3/c1-4-8-21-9-7-17(22)15(13-21)10-14-11-16(20)19(24-6-3)18(12-14)23-5-2/h11-12,15,17,22H,4-10,13H2,1-3H3. The number of hydrogen-bond acceptors (Lipinski definition) is 4. The Hall–Kier alpha value is -0.780. The van der Waals surface area contributed by atoms with E-state index in [4.69, 9.17) is 9.47 Å². The zero-order valence-electron chi connectivity index (χ0n) is 15.1. The van der Waals surface area contributed by atoms with Crippen LogP contribution < -0.4 is 9.47 Å². The normalized spacial score (nSPS) is 21.7. The van der Waals surface area contributed by atoms with Gasteiger partial charge in [-0.15, -0.1) is 0 Å². The summed E-state index contributed by atoms with van der Waals surface area (Å²) in [4.78, 5) is 2.46. The van der Waals surface area contributed by atoms with E-state index >= 15 is 0 Å². The van der Waals surface area contributed by atoms with Crippen molar-refractivity contribution in [3.05, 3.63) is 22.2 Å². The van der Waals surface area contributed by atoms with Crippen molar-refractivity contribution in [2.24, 2.45) is 5.92 Å². The molecule has 0 aromatic heterocycles. The first kappa shape index (κ1) is 19.5. The minimum absolute atomic E-state index is 0.223. The second kappa shape index (κ2) is 9.64. The number of likely N-dealkylation sites (tertiary alicyclic amines) is 1. The third-order valence-corrected chi connectivity index (χ3v) is 5.06. The number of hydrogen-bond donors (Lipinski definition) is 1. The Kier molecular flexibility index (Phi) is 7.85. The molecule has 1 saturated heterocycles. The van der Waals surface area contributed by atoms with Gasteiger partial charge in [0.05, 0.1) is 23.8 Å². The van der Waals surface area contributed by atoms with E-state index in [9.17, 15) is 5.11 Å². The molecule has 0 amide bonds. The summed E-state index contributed by atoms with van der Waals surface area (Å²) in [5, 5.41) is 10.4. The molecular formula is C19H30BrNO3. The Labute approximate surface area is 154 Å². The first-order valence-corrected chi connectivity index (χ1v) is 9.86. The molecular weight excluding hydrogens is 370 g/mol. The maximum absolute atomic E-state index is 10.4. The van der Waals surface area contributed by atoms with Crippen molar-refractivity contribution < 1.29 is 14.6 Å². The Bertz CT molecular complexity index is 524. The monoisotopic (exact) mass is 399 g/mol. The second-order valence-corrected chi connectivity index (χ2v) is 7.25. The Morgan fingerprint density at radius 2 is 1.96 bits per heavy atom. The molecule has 2 atom stereocenters. The van der Waals surface area contributed by atoms with Gasteiger partial charge in [-0.1, -0.05) is 6.92 Å². The molecule has 1 N–H and O–H groups in total. The third kappa shape index (κ3) is 5.11. The van der Waals surface area contributed by atoms with Crippen LogP contribution >= 0.6 is 15.9 Å². The van der Waals surface area contributed by atoms with Crippen molar-refractivity contribution in [3.8, 4) is 11.5 Å². The SMILES string of the molecule is CCCN1CCC(O)C(Cc2cc(Br)c(OCC)c(OCC)c2)C1. The maximum atomic E-state index is 10.4. The topological polar surface area (TPSA) is 41.9 Å². The molecule has 0 radical (unpaired) electrons. The van der Waals surface area contributed by atoms with Crippen LogP contribution in [0.3, 0.4) is 0 Å². The fourth-order valence-electron chi connectivity index (χ4n) is 3.40. The summed E-state index contributed by atoms with van der Waals surface area (Å²) in [5.74, 6) is 1.81. The molecule has 1 aromatic carbocycles. The average molecular weight is 400 g/mol. The lowest BCUT2D eigenvalue weighted by molar-refractivity contribution is 0.0270. The molecule has 2 unspecified atom stereocenters. The van der Waals surface area contributed by atoms with Gasteiger partial charge in [-0.2, -0.15) is 0 Å². The van der Waals surface area contributed by atoms with Crippen LogP contribution in [0, 0.1) is 5.92 Å². The predicted molar refractivity (Wildman–Crippen MR) is 101 cm³/mol. The minimum atomic E-state index is -0.223. The summed E-state index contributed by atoms with van der Waals surface area (Å²) in [5.41, 5.74) is 1.18. The highest BCUT2D eigenvalue weighted by Crippen LogP contribution is 2.38. The van der Waals surface area contributed by atoms with E-state index < -0.39 is 0 Å². The van der Waals surface area contributed by atoms with Gasteiger partial charge in [0.25, 0.3) is 0 Å². The fourth-order valence-corrected chi connectivity index (χ4v) is 4.01. The zero-order chi connectivity index (χ0) is 17.5.